The molecule has 0 saturated heterocycles. The van der Waals surface area contributed by atoms with Gasteiger partial charge in [0.25, 0.3) is 10.0 Å². The summed E-state index contributed by atoms with van der Waals surface area (Å²) in [6.45, 7) is 0. The Labute approximate surface area is 151 Å². The molecule has 3 aromatic rings. The molecule has 0 fully saturated rings. The smallest absolute Gasteiger partial charge is 0.268 e. The largest absolute Gasteiger partial charge is 0.497 e. The molecule has 0 saturated carbocycles. The normalized spacial score (nSPS) is 13.1. The lowest BCUT2D eigenvalue weighted by Gasteiger charge is -2.31. The highest BCUT2D eigenvalue weighted by molar-refractivity contribution is 8.00. The van der Waals surface area contributed by atoms with E-state index in [0.717, 1.165) is 9.79 Å². The molecular weight excluding hydrogens is 354 g/mol. The van der Waals surface area contributed by atoms with Crippen LogP contribution in [-0.2, 0) is 10.0 Å². The Bertz CT molecular complexity index is 985. The van der Waals surface area contributed by atoms with Gasteiger partial charge in [-0.15, -0.1) is 0 Å². The highest BCUT2D eigenvalue weighted by Crippen LogP contribution is 2.50. The molecule has 0 bridgehead atoms. The Balaban J connectivity index is 1.91. The second-order valence-corrected chi connectivity index (χ2v) is 8.35. The number of nitrogens with zero attached hydrogens (tertiary/aromatic N) is 1. The quantitative estimate of drug-likeness (QED) is 0.672. The van der Waals surface area contributed by atoms with Crippen LogP contribution in [0.2, 0.25) is 0 Å². The number of anilines is 2. The van der Waals surface area contributed by atoms with Crippen LogP contribution >= 0.6 is 11.8 Å². The van der Waals surface area contributed by atoms with Crippen molar-refractivity contribution >= 4 is 33.2 Å². The number of ether oxygens (including phenoxy) is 1. The molecule has 0 aromatic heterocycles. The second-order valence-electron chi connectivity index (χ2n) is 5.48. The van der Waals surface area contributed by atoms with Crippen LogP contribution in [0.3, 0.4) is 0 Å². The molecule has 0 spiro atoms. The summed E-state index contributed by atoms with van der Waals surface area (Å²) in [5.74, 6) is 0.619. The number of rotatable bonds is 3. The summed E-state index contributed by atoms with van der Waals surface area (Å²) in [5, 5.41) is 0. The molecule has 1 heterocycles. The average Bonchev–Trinajstić information content (AvgIpc) is 2.66. The summed E-state index contributed by atoms with van der Waals surface area (Å²) in [7, 11) is -2.20. The number of sulfonamides is 1. The summed E-state index contributed by atoms with van der Waals surface area (Å²) in [4.78, 5) is 2.06. The number of hydrogen-bond acceptors (Lipinski definition) is 4. The topological polar surface area (TPSA) is 46.6 Å². The molecule has 0 N–H and O–H groups in total. The molecule has 126 valence electrons. The van der Waals surface area contributed by atoms with Gasteiger partial charge in [-0.3, -0.25) is 0 Å². The van der Waals surface area contributed by atoms with Gasteiger partial charge in [0.15, 0.2) is 0 Å². The lowest BCUT2D eigenvalue weighted by Crippen LogP contribution is -2.28. The van der Waals surface area contributed by atoms with E-state index in [2.05, 4.69) is 0 Å². The maximum Gasteiger partial charge on any atom is 0.268 e. The minimum Gasteiger partial charge on any atom is -0.497 e. The summed E-state index contributed by atoms with van der Waals surface area (Å²) >= 11 is 1.58. The van der Waals surface area contributed by atoms with E-state index in [4.69, 9.17) is 4.74 Å². The van der Waals surface area contributed by atoms with E-state index in [-0.39, 0.29) is 4.90 Å². The molecule has 1 aliphatic rings. The van der Waals surface area contributed by atoms with E-state index in [1.165, 1.54) is 4.31 Å². The first kappa shape index (κ1) is 16.1. The van der Waals surface area contributed by atoms with Crippen molar-refractivity contribution in [3.63, 3.8) is 0 Å². The summed E-state index contributed by atoms with van der Waals surface area (Å²) in [6, 6.07) is 21.5. The zero-order valence-corrected chi connectivity index (χ0v) is 15.0. The predicted octanol–water partition coefficient (Wildman–Crippen LogP) is 4.69. The monoisotopic (exact) mass is 369 g/mol. The summed E-state index contributed by atoms with van der Waals surface area (Å²) in [6.07, 6.45) is 0. The number of methoxy groups -OCH3 is 1. The van der Waals surface area contributed by atoms with Crippen LogP contribution in [0.5, 0.6) is 5.75 Å². The van der Waals surface area contributed by atoms with E-state index in [0.29, 0.717) is 17.1 Å². The third-order valence-corrected chi connectivity index (χ3v) is 6.86. The van der Waals surface area contributed by atoms with E-state index in [1.54, 1.807) is 43.1 Å². The molecule has 0 atom stereocenters. The fourth-order valence-corrected chi connectivity index (χ4v) is 5.48. The first-order chi connectivity index (χ1) is 12.1. The molecule has 4 rings (SSSR count). The van der Waals surface area contributed by atoms with Gasteiger partial charge in [0.05, 0.1) is 23.4 Å². The van der Waals surface area contributed by atoms with E-state index < -0.39 is 10.0 Å². The van der Waals surface area contributed by atoms with Crippen molar-refractivity contribution in [2.45, 2.75) is 14.7 Å². The van der Waals surface area contributed by atoms with Crippen LogP contribution in [0.25, 0.3) is 0 Å². The van der Waals surface area contributed by atoms with Crippen molar-refractivity contribution in [3.8, 4) is 5.75 Å². The highest BCUT2D eigenvalue weighted by atomic mass is 32.2. The van der Waals surface area contributed by atoms with E-state index in [1.807, 2.05) is 48.5 Å². The van der Waals surface area contributed by atoms with Crippen LogP contribution in [0.4, 0.5) is 11.4 Å². The Morgan fingerprint density at radius 2 is 1.32 bits per heavy atom. The Morgan fingerprint density at radius 3 is 1.84 bits per heavy atom. The molecule has 0 aliphatic carbocycles. The van der Waals surface area contributed by atoms with Crippen molar-refractivity contribution in [1.82, 2.24) is 0 Å². The zero-order chi connectivity index (χ0) is 17.4. The van der Waals surface area contributed by atoms with Crippen molar-refractivity contribution < 1.29 is 13.2 Å². The summed E-state index contributed by atoms with van der Waals surface area (Å²) in [5.41, 5.74) is 1.34. The lowest BCUT2D eigenvalue weighted by atomic mass is 10.2. The highest BCUT2D eigenvalue weighted by Gasteiger charge is 2.33. The number of hydrogen-bond donors (Lipinski definition) is 0. The maximum atomic E-state index is 13.4. The lowest BCUT2D eigenvalue weighted by molar-refractivity contribution is 0.414. The van der Waals surface area contributed by atoms with Gasteiger partial charge in [0.2, 0.25) is 0 Å². The van der Waals surface area contributed by atoms with Gasteiger partial charge in [-0.1, -0.05) is 36.0 Å². The maximum absolute atomic E-state index is 13.4. The molecule has 0 amide bonds. The standard InChI is InChI=1S/C19H15NO3S2/c1-23-14-10-12-15(13-11-14)25(21,22)20-16-6-2-4-8-18(16)24-19-9-5-3-7-17(19)20/h2-13H,1H3. The minimum absolute atomic E-state index is 0.227. The number of para-hydroxylation sites is 2. The van der Waals surface area contributed by atoms with Gasteiger partial charge in [-0.25, -0.2) is 12.7 Å². The van der Waals surface area contributed by atoms with Crippen LogP contribution in [0.15, 0.2) is 87.5 Å². The van der Waals surface area contributed by atoms with Crippen molar-refractivity contribution in [2.24, 2.45) is 0 Å². The van der Waals surface area contributed by atoms with Crippen LogP contribution < -0.4 is 9.04 Å². The van der Waals surface area contributed by atoms with Gasteiger partial charge in [-0.2, -0.15) is 0 Å². The fraction of sp³-hybridized carbons (Fsp3) is 0.0526. The number of benzene rings is 3. The van der Waals surface area contributed by atoms with Gasteiger partial charge >= 0.3 is 0 Å². The average molecular weight is 369 g/mol. The number of fused-ring (bicyclic) bond motifs is 2. The molecule has 1 aliphatic heterocycles. The Kier molecular flexibility index (Phi) is 3.94. The summed E-state index contributed by atoms with van der Waals surface area (Å²) < 4.78 is 33.3. The second kappa shape index (κ2) is 6.13. The zero-order valence-electron chi connectivity index (χ0n) is 13.4. The van der Waals surface area contributed by atoms with Gasteiger partial charge in [0.1, 0.15) is 5.75 Å². The molecule has 0 radical (unpaired) electrons. The molecule has 0 unspecified atom stereocenters. The predicted molar refractivity (Wildman–Crippen MR) is 99.3 cm³/mol. The fourth-order valence-electron chi connectivity index (χ4n) is 2.78. The SMILES string of the molecule is COc1ccc(S(=O)(=O)N2c3ccccc3Sc3ccccc32)cc1. The van der Waals surface area contributed by atoms with Crippen molar-refractivity contribution in [2.75, 3.05) is 11.4 Å². The molecule has 25 heavy (non-hydrogen) atoms. The van der Waals surface area contributed by atoms with Crippen molar-refractivity contribution in [3.05, 3.63) is 72.8 Å². The van der Waals surface area contributed by atoms with Crippen LogP contribution in [0, 0.1) is 0 Å². The third kappa shape index (κ3) is 2.67. The van der Waals surface area contributed by atoms with Gasteiger partial charge in [0, 0.05) is 9.79 Å². The first-order valence-electron chi connectivity index (χ1n) is 7.66. The first-order valence-corrected chi connectivity index (χ1v) is 9.92. The third-order valence-electron chi connectivity index (χ3n) is 3.99. The molecule has 6 heteroatoms. The van der Waals surface area contributed by atoms with Crippen LogP contribution in [-0.4, -0.2) is 15.5 Å². The molecule has 3 aromatic carbocycles. The molecule has 4 nitrogen and oxygen atoms in total. The van der Waals surface area contributed by atoms with E-state index in [9.17, 15) is 8.42 Å². The van der Waals surface area contributed by atoms with Gasteiger partial charge < -0.3 is 4.74 Å². The van der Waals surface area contributed by atoms with Crippen LogP contribution in [0.1, 0.15) is 0 Å². The minimum atomic E-state index is -3.75. The van der Waals surface area contributed by atoms with Crippen molar-refractivity contribution in [1.29, 1.82) is 0 Å². The van der Waals surface area contributed by atoms with Gasteiger partial charge in [-0.05, 0) is 48.5 Å². The molecular formula is C19H15NO3S2. The van der Waals surface area contributed by atoms with E-state index >= 15 is 0 Å². The Hall–Kier alpha value is -2.44. The Morgan fingerprint density at radius 1 is 0.800 bits per heavy atom.